The number of hydrogen-bond donors (Lipinski definition) is 1. The maximum absolute atomic E-state index is 12.1. The van der Waals surface area contributed by atoms with E-state index in [1.165, 1.54) is 19.2 Å². The molecule has 1 aliphatic heterocycles. The van der Waals surface area contributed by atoms with Crippen molar-refractivity contribution in [3.63, 3.8) is 0 Å². The number of nitrogens with zero attached hydrogens (tertiary/aromatic N) is 2. The lowest BCUT2D eigenvalue weighted by atomic mass is 10.1. The van der Waals surface area contributed by atoms with Gasteiger partial charge in [-0.1, -0.05) is 0 Å². The van der Waals surface area contributed by atoms with Crippen LogP contribution >= 0.6 is 0 Å². The van der Waals surface area contributed by atoms with Gasteiger partial charge >= 0.3 is 0 Å². The van der Waals surface area contributed by atoms with Crippen LogP contribution in [0.15, 0.2) is 23.3 Å². The van der Waals surface area contributed by atoms with Crippen molar-refractivity contribution in [2.45, 2.75) is 12.8 Å². The van der Waals surface area contributed by atoms with Gasteiger partial charge in [0, 0.05) is 31.6 Å². The second-order valence-electron chi connectivity index (χ2n) is 4.49. The molecule has 1 aromatic carbocycles. The maximum atomic E-state index is 12.1. The highest BCUT2D eigenvalue weighted by molar-refractivity contribution is 6.43. The van der Waals surface area contributed by atoms with Gasteiger partial charge in [0.25, 0.3) is 5.91 Å². The summed E-state index contributed by atoms with van der Waals surface area (Å²) in [6, 6.07) is 5.07. The minimum absolute atomic E-state index is 0.0994. The van der Waals surface area contributed by atoms with E-state index in [-0.39, 0.29) is 18.2 Å². The molecule has 7 heteroatoms. The highest BCUT2D eigenvalue weighted by Crippen LogP contribution is 2.29. The van der Waals surface area contributed by atoms with Crippen LogP contribution in [-0.2, 0) is 9.59 Å². The molecule has 1 heterocycles. The molecule has 112 valence electrons. The van der Waals surface area contributed by atoms with Crippen LogP contribution in [0.4, 0.5) is 5.69 Å². The van der Waals surface area contributed by atoms with Gasteiger partial charge in [-0.25, -0.2) is 5.01 Å². The minimum Gasteiger partial charge on any atom is -0.493 e. The number of nitrogens with one attached hydrogen (secondary N) is 1. The summed E-state index contributed by atoms with van der Waals surface area (Å²) in [6.45, 7) is 0. The Morgan fingerprint density at radius 2 is 1.95 bits per heavy atom. The zero-order valence-corrected chi connectivity index (χ0v) is 12.2. The smallest absolute Gasteiger partial charge is 0.271 e. The van der Waals surface area contributed by atoms with Crippen molar-refractivity contribution in [2.75, 3.05) is 26.6 Å². The van der Waals surface area contributed by atoms with Crippen molar-refractivity contribution < 1.29 is 19.1 Å². The number of carbonyl (C=O) groups excluding carboxylic acids is 2. The van der Waals surface area contributed by atoms with E-state index >= 15 is 0 Å². The standard InChI is InChI=1S/C14H17N3O4/c1-17-13(18)7-5-10(16-17)14(19)15-9-4-6-11(20-2)12(8-9)21-3/h4,6,8H,5,7H2,1-3H3,(H,15,19). The molecule has 0 unspecified atom stereocenters. The van der Waals surface area contributed by atoms with Crippen molar-refractivity contribution >= 4 is 23.2 Å². The lowest BCUT2D eigenvalue weighted by Crippen LogP contribution is -2.34. The number of ether oxygens (including phenoxy) is 2. The lowest BCUT2D eigenvalue weighted by Gasteiger charge is -2.19. The zero-order valence-electron chi connectivity index (χ0n) is 12.2. The Bertz CT molecular complexity index is 598. The van der Waals surface area contributed by atoms with E-state index in [9.17, 15) is 9.59 Å². The van der Waals surface area contributed by atoms with Crippen molar-refractivity contribution in [3.05, 3.63) is 18.2 Å². The fraction of sp³-hybridized carbons (Fsp3) is 0.357. The Morgan fingerprint density at radius 1 is 1.24 bits per heavy atom. The third kappa shape index (κ3) is 3.31. The number of anilines is 1. The summed E-state index contributed by atoms with van der Waals surface area (Å²) in [7, 11) is 4.60. The van der Waals surface area contributed by atoms with Crippen molar-refractivity contribution in [1.82, 2.24) is 5.01 Å². The summed E-state index contributed by atoms with van der Waals surface area (Å²) < 4.78 is 10.3. The van der Waals surface area contributed by atoms with Gasteiger partial charge in [-0.2, -0.15) is 5.10 Å². The predicted octanol–water partition coefficient (Wildman–Crippen LogP) is 1.25. The largest absolute Gasteiger partial charge is 0.493 e. The molecule has 0 saturated carbocycles. The summed E-state index contributed by atoms with van der Waals surface area (Å²) in [4.78, 5) is 23.5. The fourth-order valence-electron chi connectivity index (χ4n) is 1.95. The average molecular weight is 291 g/mol. The van der Waals surface area contributed by atoms with E-state index in [1.807, 2.05) is 0 Å². The summed E-state index contributed by atoms with van der Waals surface area (Å²) >= 11 is 0. The van der Waals surface area contributed by atoms with Gasteiger partial charge in [0.2, 0.25) is 5.91 Å². The molecule has 1 aromatic rings. The number of hydrogen-bond acceptors (Lipinski definition) is 5. The SMILES string of the molecule is COc1ccc(NC(=O)C2=NN(C)C(=O)CC2)cc1OC. The quantitative estimate of drug-likeness (QED) is 0.905. The zero-order chi connectivity index (χ0) is 15.4. The van der Waals surface area contributed by atoms with Gasteiger partial charge in [0.05, 0.1) is 14.2 Å². The molecule has 0 radical (unpaired) electrons. The van der Waals surface area contributed by atoms with Crippen LogP contribution in [-0.4, -0.2) is 43.8 Å². The first-order chi connectivity index (χ1) is 10.0. The molecule has 0 aliphatic carbocycles. The van der Waals surface area contributed by atoms with E-state index in [1.54, 1.807) is 25.3 Å². The highest BCUT2D eigenvalue weighted by Gasteiger charge is 2.22. The Hall–Kier alpha value is -2.57. The normalized spacial score (nSPS) is 14.5. The average Bonchev–Trinajstić information content (AvgIpc) is 2.49. The topological polar surface area (TPSA) is 80.2 Å². The first-order valence-electron chi connectivity index (χ1n) is 6.42. The van der Waals surface area contributed by atoms with Crippen LogP contribution in [0.1, 0.15) is 12.8 Å². The van der Waals surface area contributed by atoms with E-state index in [0.717, 1.165) is 0 Å². The molecule has 0 fully saturated rings. The molecule has 1 N–H and O–H groups in total. The molecule has 0 atom stereocenters. The van der Waals surface area contributed by atoms with Crippen LogP contribution in [0.2, 0.25) is 0 Å². The number of hydrazone groups is 1. The number of benzene rings is 1. The Morgan fingerprint density at radius 3 is 2.57 bits per heavy atom. The summed E-state index contributed by atoms with van der Waals surface area (Å²) in [6.07, 6.45) is 0.622. The molecule has 7 nitrogen and oxygen atoms in total. The van der Waals surface area contributed by atoms with Gasteiger partial charge in [-0.3, -0.25) is 9.59 Å². The fourth-order valence-corrected chi connectivity index (χ4v) is 1.95. The first-order valence-corrected chi connectivity index (χ1v) is 6.42. The first kappa shape index (κ1) is 14.8. The molecular weight excluding hydrogens is 274 g/mol. The molecule has 2 rings (SSSR count). The van der Waals surface area contributed by atoms with Crippen molar-refractivity contribution in [1.29, 1.82) is 0 Å². The van der Waals surface area contributed by atoms with E-state index < -0.39 is 0 Å². The molecule has 0 spiro atoms. The monoisotopic (exact) mass is 291 g/mol. The molecule has 2 amide bonds. The third-order valence-corrected chi connectivity index (χ3v) is 3.11. The number of amides is 2. The van der Waals surface area contributed by atoms with E-state index in [0.29, 0.717) is 29.3 Å². The summed E-state index contributed by atoms with van der Waals surface area (Å²) in [5, 5.41) is 7.89. The van der Waals surface area contributed by atoms with Crippen LogP contribution in [0.3, 0.4) is 0 Å². The third-order valence-electron chi connectivity index (χ3n) is 3.11. The van der Waals surface area contributed by atoms with Crippen LogP contribution in [0, 0.1) is 0 Å². The molecule has 21 heavy (non-hydrogen) atoms. The van der Waals surface area contributed by atoms with Gasteiger partial charge in [0.15, 0.2) is 11.5 Å². The second-order valence-corrected chi connectivity index (χ2v) is 4.49. The van der Waals surface area contributed by atoms with Gasteiger partial charge < -0.3 is 14.8 Å². The summed E-state index contributed by atoms with van der Waals surface area (Å²) in [5.74, 6) is 0.670. The number of carbonyl (C=O) groups is 2. The van der Waals surface area contributed by atoms with Crippen LogP contribution < -0.4 is 14.8 Å². The van der Waals surface area contributed by atoms with Gasteiger partial charge in [-0.05, 0) is 12.1 Å². The molecule has 1 aliphatic rings. The minimum atomic E-state index is -0.332. The van der Waals surface area contributed by atoms with E-state index in [4.69, 9.17) is 9.47 Å². The number of methoxy groups -OCH3 is 2. The lowest BCUT2D eigenvalue weighted by molar-refractivity contribution is -0.130. The van der Waals surface area contributed by atoms with Crippen LogP contribution in [0.25, 0.3) is 0 Å². The Labute approximate surface area is 122 Å². The van der Waals surface area contributed by atoms with Crippen molar-refractivity contribution in [2.24, 2.45) is 5.10 Å². The van der Waals surface area contributed by atoms with Gasteiger partial charge in [0.1, 0.15) is 5.71 Å². The molecule has 0 saturated heterocycles. The predicted molar refractivity (Wildman–Crippen MR) is 77.6 cm³/mol. The van der Waals surface area contributed by atoms with E-state index in [2.05, 4.69) is 10.4 Å². The second kappa shape index (κ2) is 6.25. The molecule has 0 bridgehead atoms. The summed E-state index contributed by atoms with van der Waals surface area (Å²) in [5.41, 5.74) is 0.895. The Kier molecular flexibility index (Phi) is 4.42. The molecule has 0 aromatic heterocycles. The maximum Gasteiger partial charge on any atom is 0.271 e. The van der Waals surface area contributed by atoms with Crippen LogP contribution in [0.5, 0.6) is 11.5 Å². The highest BCUT2D eigenvalue weighted by atomic mass is 16.5. The Balaban J connectivity index is 2.13. The molecular formula is C14H17N3O4. The van der Waals surface area contributed by atoms with Gasteiger partial charge in [-0.15, -0.1) is 0 Å². The van der Waals surface area contributed by atoms with Crippen molar-refractivity contribution in [3.8, 4) is 11.5 Å². The number of rotatable bonds is 4.